The lowest BCUT2D eigenvalue weighted by Gasteiger charge is -2.30. The molecule has 0 unspecified atom stereocenters. The van der Waals surface area contributed by atoms with Crippen molar-refractivity contribution in [3.05, 3.63) is 88.7 Å². The van der Waals surface area contributed by atoms with Gasteiger partial charge in [-0.15, -0.1) is 0 Å². The Morgan fingerprint density at radius 2 is 1.82 bits per heavy atom. The summed E-state index contributed by atoms with van der Waals surface area (Å²) >= 11 is 1.30. The van der Waals surface area contributed by atoms with E-state index < -0.39 is 11.7 Å². The van der Waals surface area contributed by atoms with Gasteiger partial charge in [0.15, 0.2) is 0 Å². The molecule has 0 atom stereocenters. The second-order valence-electron chi connectivity index (χ2n) is 8.48. The monoisotopic (exact) mass is 473 g/mol. The third-order valence-electron chi connectivity index (χ3n) is 6.07. The van der Waals surface area contributed by atoms with Crippen LogP contribution in [0.3, 0.4) is 0 Å². The van der Waals surface area contributed by atoms with E-state index in [-0.39, 0.29) is 12.4 Å². The predicted octanol–water partition coefficient (Wildman–Crippen LogP) is 7.76. The number of benzene rings is 3. The van der Waals surface area contributed by atoms with Crippen LogP contribution in [-0.4, -0.2) is 6.54 Å². The van der Waals surface area contributed by atoms with Crippen LogP contribution in [0.15, 0.2) is 65.6 Å². The molecule has 7 heteroatoms. The third kappa shape index (κ3) is 4.98. The van der Waals surface area contributed by atoms with Crippen molar-refractivity contribution in [3.63, 3.8) is 0 Å². The van der Waals surface area contributed by atoms with Crippen molar-refractivity contribution in [1.29, 1.82) is 0 Å². The SMILES string of the molecule is Fc1cccc(C2CC2)c1COc1ccc2c(c1)N(Sc1cccc(C(F)(F)F)c1)CCC2. The quantitative estimate of drug-likeness (QED) is 0.268. The summed E-state index contributed by atoms with van der Waals surface area (Å²) < 4.78 is 61.8. The smallest absolute Gasteiger partial charge is 0.416 e. The summed E-state index contributed by atoms with van der Waals surface area (Å²) in [5.41, 5.74) is 3.02. The maximum Gasteiger partial charge on any atom is 0.416 e. The first kappa shape index (κ1) is 22.1. The van der Waals surface area contributed by atoms with Crippen molar-refractivity contribution < 1.29 is 22.3 Å². The zero-order valence-corrected chi connectivity index (χ0v) is 18.7. The molecule has 0 bridgehead atoms. The van der Waals surface area contributed by atoms with Gasteiger partial charge in [0.1, 0.15) is 18.2 Å². The van der Waals surface area contributed by atoms with Gasteiger partial charge in [0, 0.05) is 23.1 Å². The Kier molecular flexibility index (Phi) is 5.99. The molecule has 2 nitrogen and oxygen atoms in total. The fourth-order valence-corrected chi connectivity index (χ4v) is 5.28. The second-order valence-corrected chi connectivity index (χ2v) is 9.58. The summed E-state index contributed by atoms with van der Waals surface area (Å²) in [6.45, 7) is 0.870. The van der Waals surface area contributed by atoms with Gasteiger partial charge >= 0.3 is 6.18 Å². The van der Waals surface area contributed by atoms with Crippen molar-refractivity contribution in [3.8, 4) is 5.75 Å². The number of alkyl halides is 3. The van der Waals surface area contributed by atoms with E-state index in [0.29, 0.717) is 22.1 Å². The Morgan fingerprint density at radius 1 is 1.00 bits per heavy atom. The van der Waals surface area contributed by atoms with Crippen LogP contribution in [0, 0.1) is 5.82 Å². The number of nitrogens with zero attached hydrogens (tertiary/aromatic N) is 1. The Labute approximate surface area is 194 Å². The number of aryl methyl sites for hydroxylation is 1. The Morgan fingerprint density at radius 3 is 2.61 bits per heavy atom. The van der Waals surface area contributed by atoms with E-state index >= 15 is 0 Å². The zero-order valence-electron chi connectivity index (χ0n) is 17.9. The summed E-state index contributed by atoms with van der Waals surface area (Å²) in [4.78, 5) is 0.532. The molecule has 33 heavy (non-hydrogen) atoms. The van der Waals surface area contributed by atoms with Gasteiger partial charge in [-0.3, -0.25) is 0 Å². The standard InChI is InChI=1S/C26H23F4NOS/c27-24-8-2-7-22(17-9-10-17)23(24)16-32-20-12-11-18-4-3-13-31(25(18)15-20)33-21-6-1-5-19(14-21)26(28,29)30/h1-2,5-8,11-12,14-15,17H,3-4,9-10,13,16H2. The van der Waals surface area contributed by atoms with Crippen LogP contribution in [0.25, 0.3) is 0 Å². The van der Waals surface area contributed by atoms with Crippen LogP contribution < -0.4 is 9.04 Å². The van der Waals surface area contributed by atoms with Crippen molar-refractivity contribution in [2.24, 2.45) is 0 Å². The fraction of sp³-hybridized carbons (Fsp3) is 0.308. The second kappa shape index (κ2) is 8.93. The van der Waals surface area contributed by atoms with Gasteiger partial charge < -0.3 is 9.04 Å². The fourth-order valence-electron chi connectivity index (χ4n) is 4.22. The molecule has 0 aromatic heterocycles. The summed E-state index contributed by atoms with van der Waals surface area (Å²) in [5, 5.41) is 0. The Bertz CT molecular complexity index is 1160. The lowest BCUT2D eigenvalue weighted by molar-refractivity contribution is -0.137. The largest absolute Gasteiger partial charge is 0.489 e. The lowest BCUT2D eigenvalue weighted by atomic mass is 10.0. The highest BCUT2D eigenvalue weighted by molar-refractivity contribution is 8.00. The molecule has 1 saturated carbocycles. The van der Waals surface area contributed by atoms with Gasteiger partial charge in [0.25, 0.3) is 0 Å². The summed E-state index contributed by atoms with van der Waals surface area (Å²) in [7, 11) is 0. The van der Waals surface area contributed by atoms with Gasteiger partial charge in [-0.1, -0.05) is 24.3 Å². The van der Waals surface area contributed by atoms with E-state index in [4.69, 9.17) is 4.74 Å². The minimum Gasteiger partial charge on any atom is -0.489 e. The van der Waals surface area contributed by atoms with Gasteiger partial charge in [0.2, 0.25) is 0 Å². The molecule has 0 amide bonds. The highest BCUT2D eigenvalue weighted by Gasteiger charge is 2.31. The molecule has 1 aliphatic heterocycles. The average molecular weight is 474 g/mol. The molecule has 3 aromatic rings. The number of fused-ring (bicyclic) bond motifs is 1. The van der Waals surface area contributed by atoms with Gasteiger partial charge in [-0.05, 0) is 85.0 Å². The van der Waals surface area contributed by atoms with Crippen molar-refractivity contribution in [2.75, 3.05) is 10.8 Å². The van der Waals surface area contributed by atoms with Gasteiger partial charge in [-0.2, -0.15) is 13.2 Å². The molecule has 1 heterocycles. The molecular weight excluding hydrogens is 450 g/mol. The third-order valence-corrected chi connectivity index (χ3v) is 7.13. The number of anilines is 1. The first-order valence-electron chi connectivity index (χ1n) is 11.0. The number of hydrogen-bond acceptors (Lipinski definition) is 3. The van der Waals surface area contributed by atoms with E-state index in [2.05, 4.69) is 0 Å². The van der Waals surface area contributed by atoms with Crippen molar-refractivity contribution >= 4 is 17.6 Å². The molecule has 0 saturated heterocycles. The van der Waals surface area contributed by atoms with E-state index in [0.717, 1.165) is 55.1 Å². The van der Waals surface area contributed by atoms with E-state index in [1.165, 1.54) is 30.1 Å². The number of ether oxygens (including phenoxy) is 1. The maximum atomic E-state index is 14.5. The lowest BCUT2D eigenvalue weighted by Crippen LogP contribution is -2.22. The van der Waals surface area contributed by atoms with Crippen LogP contribution in [0.2, 0.25) is 0 Å². The van der Waals surface area contributed by atoms with Crippen molar-refractivity contribution in [2.45, 2.75) is 49.3 Å². The molecule has 0 spiro atoms. The predicted molar refractivity (Wildman–Crippen MR) is 122 cm³/mol. The topological polar surface area (TPSA) is 12.5 Å². The van der Waals surface area contributed by atoms with Crippen molar-refractivity contribution in [1.82, 2.24) is 0 Å². The molecule has 1 fully saturated rings. The van der Waals surface area contributed by atoms with Crippen LogP contribution >= 0.6 is 11.9 Å². The summed E-state index contributed by atoms with van der Waals surface area (Å²) in [6, 6.07) is 16.3. The normalized spacial score (nSPS) is 15.9. The highest BCUT2D eigenvalue weighted by atomic mass is 32.2. The van der Waals surface area contributed by atoms with E-state index in [1.54, 1.807) is 12.1 Å². The molecule has 0 radical (unpaired) electrons. The first-order valence-corrected chi connectivity index (χ1v) is 11.8. The molecule has 5 rings (SSSR count). The minimum absolute atomic E-state index is 0.151. The zero-order chi connectivity index (χ0) is 23.0. The number of halogens is 4. The summed E-state index contributed by atoms with van der Waals surface area (Å²) in [5.74, 6) is 0.788. The van der Waals surface area contributed by atoms with Gasteiger partial charge in [0.05, 0.1) is 11.3 Å². The Balaban J connectivity index is 1.35. The highest BCUT2D eigenvalue weighted by Crippen LogP contribution is 2.43. The molecule has 3 aromatic carbocycles. The van der Waals surface area contributed by atoms with E-state index in [9.17, 15) is 17.6 Å². The molecule has 1 aliphatic carbocycles. The van der Waals surface area contributed by atoms with Gasteiger partial charge in [-0.25, -0.2) is 4.39 Å². The number of hydrogen-bond donors (Lipinski definition) is 0. The minimum atomic E-state index is -4.37. The molecule has 0 N–H and O–H groups in total. The maximum absolute atomic E-state index is 14.5. The van der Waals surface area contributed by atoms with E-state index in [1.807, 2.05) is 28.6 Å². The van der Waals surface area contributed by atoms with Crippen LogP contribution in [0.4, 0.5) is 23.2 Å². The summed E-state index contributed by atoms with van der Waals surface area (Å²) in [6.07, 6.45) is -0.398. The Hall–Kier alpha value is -2.67. The van der Waals surface area contributed by atoms with Crippen LogP contribution in [-0.2, 0) is 19.2 Å². The number of rotatable bonds is 6. The first-order chi connectivity index (χ1) is 15.9. The average Bonchev–Trinajstić information content (AvgIpc) is 3.63. The molecule has 172 valence electrons. The van der Waals surface area contributed by atoms with Crippen LogP contribution in [0.5, 0.6) is 5.75 Å². The molecule has 2 aliphatic rings. The molecular formula is C26H23F4NOS. The van der Waals surface area contributed by atoms with Crippen LogP contribution in [0.1, 0.15) is 47.4 Å².